The molecule has 0 aromatic heterocycles. The first-order valence-electron chi connectivity index (χ1n) is 6.72. The molecule has 0 spiro atoms. The molecule has 0 unspecified atom stereocenters. The average molecular weight is 271 g/mol. The Labute approximate surface area is 120 Å². The highest BCUT2D eigenvalue weighted by atomic mass is 16.5. The Morgan fingerprint density at radius 2 is 1.95 bits per heavy atom. The molecule has 3 heteroatoms. The van der Waals surface area contributed by atoms with Crippen LogP contribution in [0.2, 0.25) is 0 Å². The standard InChI is InChI=1S/C17H21NO2/c1-12-7-8-16(13(2)18)17(9-12)20-11-14-5-4-6-15(10-14)19-3/h4-10,13H,11,18H2,1-3H3/t13-/m1/s1. The van der Waals surface area contributed by atoms with Crippen molar-refractivity contribution in [3.63, 3.8) is 0 Å². The van der Waals surface area contributed by atoms with E-state index in [0.717, 1.165) is 28.2 Å². The number of ether oxygens (including phenoxy) is 2. The second kappa shape index (κ2) is 6.44. The molecule has 20 heavy (non-hydrogen) atoms. The minimum absolute atomic E-state index is 0.0455. The first-order chi connectivity index (χ1) is 9.60. The van der Waals surface area contributed by atoms with Gasteiger partial charge in [0.05, 0.1) is 7.11 Å². The molecule has 1 atom stereocenters. The van der Waals surface area contributed by atoms with Crippen molar-refractivity contribution in [1.29, 1.82) is 0 Å². The summed E-state index contributed by atoms with van der Waals surface area (Å²) >= 11 is 0. The largest absolute Gasteiger partial charge is 0.497 e. The number of rotatable bonds is 5. The summed E-state index contributed by atoms with van der Waals surface area (Å²) in [5.74, 6) is 1.69. The van der Waals surface area contributed by atoms with E-state index in [1.165, 1.54) is 0 Å². The van der Waals surface area contributed by atoms with E-state index in [1.54, 1.807) is 7.11 Å². The Balaban J connectivity index is 2.15. The molecule has 0 heterocycles. The Morgan fingerprint density at radius 3 is 2.65 bits per heavy atom. The van der Waals surface area contributed by atoms with E-state index in [2.05, 4.69) is 6.07 Å². The van der Waals surface area contributed by atoms with Crippen molar-refractivity contribution in [2.75, 3.05) is 7.11 Å². The van der Waals surface area contributed by atoms with Crippen LogP contribution in [0.5, 0.6) is 11.5 Å². The summed E-state index contributed by atoms with van der Waals surface area (Å²) in [6.07, 6.45) is 0. The molecule has 0 radical (unpaired) electrons. The fourth-order valence-corrected chi connectivity index (χ4v) is 2.07. The smallest absolute Gasteiger partial charge is 0.124 e. The third-order valence-electron chi connectivity index (χ3n) is 3.19. The molecule has 0 saturated carbocycles. The van der Waals surface area contributed by atoms with Crippen molar-refractivity contribution >= 4 is 0 Å². The van der Waals surface area contributed by atoms with Gasteiger partial charge in [-0.25, -0.2) is 0 Å². The lowest BCUT2D eigenvalue weighted by Gasteiger charge is -2.15. The topological polar surface area (TPSA) is 44.5 Å². The van der Waals surface area contributed by atoms with Crippen LogP contribution in [0.15, 0.2) is 42.5 Å². The van der Waals surface area contributed by atoms with Crippen LogP contribution in [0.1, 0.15) is 29.7 Å². The summed E-state index contributed by atoms with van der Waals surface area (Å²) in [5, 5.41) is 0. The van der Waals surface area contributed by atoms with Gasteiger partial charge in [-0.2, -0.15) is 0 Å². The zero-order valence-electron chi connectivity index (χ0n) is 12.2. The van der Waals surface area contributed by atoms with Gasteiger partial charge in [0.25, 0.3) is 0 Å². The van der Waals surface area contributed by atoms with Crippen LogP contribution in [-0.2, 0) is 6.61 Å². The molecule has 0 fully saturated rings. The molecule has 0 aliphatic carbocycles. The quantitative estimate of drug-likeness (QED) is 0.903. The van der Waals surface area contributed by atoms with Crippen molar-refractivity contribution in [2.45, 2.75) is 26.5 Å². The highest BCUT2D eigenvalue weighted by molar-refractivity contribution is 5.39. The van der Waals surface area contributed by atoms with Crippen molar-refractivity contribution < 1.29 is 9.47 Å². The van der Waals surface area contributed by atoms with Crippen LogP contribution < -0.4 is 15.2 Å². The molecule has 0 bridgehead atoms. The normalized spacial score (nSPS) is 12.0. The van der Waals surface area contributed by atoms with Crippen LogP contribution in [0, 0.1) is 6.92 Å². The highest BCUT2D eigenvalue weighted by Crippen LogP contribution is 2.26. The van der Waals surface area contributed by atoms with E-state index in [1.807, 2.05) is 50.2 Å². The van der Waals surface area contributed by atoms with Crippen LogP contribution in [0.3, 0.4) is 0 Å². The second-order valence-corrected chi connectivity index (χ2v) is 4.97. The number of hydrogen-bond acceptors (Lipinski definition) is 3. The van der Waals surface area contributed by atoms with E-state index >= 15 is 0 Å². The Bertz CT molecular complexity index is 579. The third-order valence-corrected chi connectivity index (χ3v) is 3.19. The zero-order chi connectivity index (χ0) is 14.5. The lowest BCUT2D eigenvalue weighted by Crippen LogP contribution is -2.08. The molecule has 106 valence electrons. The first-order valence-corrected chi connectivity index (χ1v) is 6.72. The maximum absolute atomic E-state index is 5.98. The van der Waals surface area contributed by atoms with Crippen molar-refractivity contribution in [1.82, 2.24) is 0 Å². The van der Waals surface area contributed by atoms with Gasteiger partial charge < -0.3 is 15.2 Å². The molecular weight excluding hydrogens is 250 g/mol. The van der Waals surface area contributed by atoms with E-state index in [4.69, 9.17) is 15.2 Å². The summed E-state index contributed by atoms with van der Waals surface area (Å²) < 4.78 is 11.1. The molecule has 0 saturated heterocycles. The van der Waals surface area contributed by atoms with Gasteiger partial charge in [0.15, 0.2) is 0 Å². The predicted molar refractivity (Wildman–Crippen MR) is 81.1 cm³/mol. The summed E-state index contributed by atoms with van der Waals surface area (Å²) in [6, 6.07) is 13.9. The van der Waals surface area contributed by atoms with Crippen molar-refractivity contribution in [3.05, 3.63) is 59.2 Å². The summed E-state index contributed by atoms with van der Waals surface area (Å²) in [5.41, 5.74) is 9.24. The number of hydrogen-bond donors (Lipinski definition) is 1. The van der Waals surface area contributed by atoms with Crippen LogP contribution in [0.4, 0.5) is 0 Å². The molecule has 3 nitrogen and oxygen atoms in total. The van der Waals surface area contributed by atoms with Gasteiger partial charge in [-0.05, 0) is 43.2 Å². The lowest BCUT2D eigenvalue weighted by molar-refractivity contribution is 0.300. The van der Waals surface area contributed by atoms with E-state index in [-0.39, 0.29) is 6.04 Å². The third kappa shape index (κ3) is 3.52. The molecule has 2 aromatic rings. The summed E-state index contributed by atoms with van der Waals surface area (Å²) in [4.78, 5) is 0. The van der Waals surface area contributed by atoms with Gasteiger partial charge in [-0.15, -0.1) is 0 Å². The van der Waals surface area contributed by atoms with Crippen LogP contribution >= 0.6 is 0 Å². The van der Waals surface area contributed by atoms with Gasteiger partial charge in [0, 0.05) is 11.6 Å². The number of methoxy groups -OCH3 is 1. The molecule has 0 amide bonds. The number of nitrogens with two attached hydrogens (primary N) is 1. The van der Waals surface area contributed by atoms with E-state index in [9.17, 15) is 0 Å². The molecular formula is C17H21NO2. The maximum atomic E-state index is 5.98. The summed E-state index contributed by atoms with van der Waals surface area (Å²) in [6.45, 7) is 4.51. The summed E-state index contributed by atoms with van der Waals surface area (Å²) in [7, 11) is 1.66. The maximum Gasteiger partial charge on any atom is 0.124 e. The minimum atomic E-state index is -0.0455. The molecule has 2 N–H and O–H groups in total. The first kappa shape index (κ1) is 14.4. The van der Waals surface area contributed by atoms with Crippen LogP contribution in [-0.4, -0.2) is 7.11 Å². The second-order valence-electron chi connectivity index (χ2n) is 4.97. The molecule has 0 aliphatic heterocycles. The lowest BCUT2D eigenvalue weighted by atomic mass is 10.1. The number of aryl methyl sites for hydroxylation is 1. The van der Waals surface area contributed by atoms with Gasteiger partial charge in [-0.1, -0.05) is 24.3 Å². The Hall–Kier alpha value is -2.00. The van der Waals surface area contributed by atoms with Gasteiger partial charge >= 0.3 is 0 Å². The SMILES string of the molecule is COc1cccc(COc2cc(C)ccc2[C@@H](C)N)c1. The predicted octanol–water partition coefficient (Wildman–Crippen LogP) is 3.60. The number of benzene rings is 2. The Morgan fingerprint density at radius 1 is 1.15 bits per heavy atom. The molecule has 0 aliphatic rings. The monoisotopic (exact) mass is 271 g/mol. The fraction of sp³-hybridized carbons (Fsp3) is 0.294. The van der Waals surface area contributed by atoms with Crippen molar-refractivity contribution in [2.24, 2.45) is 5.73 Å². The van der Waals surface area contributed by atoms with Crippen molar-refractivity contribution in [3.8, 4) is 11.5 Å². The fourth-order valence-electron chi connectivity index (χ4n) is 2.07. The van der Waals surface area contributed by atoms with Gasteiger partial charge in [0.2, 0.25) is 0 Å². The van der Waals surface area contributed by atoms with E-state index in [0.29, 0.717) is 6.61 Å². The van der Waals surface area contributed by atoms with Gasteiger partial charge in [0.1, 0.15) is 18.1 Å². The molecule has 2 rings (SSSR count). The highest BCUT2D eigenvalue weighted by Gasteiger charge is 2.08. The van der Waals surface area contributed by atoms with Crippen LogP contribution in [0.25, 0.3) is 0 Å². The zero-order valence-corrected chi connectivity index (χ0v) is 12.2. The average Bonchev–Trinajstić information content (AvgIpc) is 2.45. The van der Waals surface area contributed by atoms with E-state index < -0.39 is 0 Å². The van der Waals surface area contributed by atoms with Gasteiger partial charge in [-0.3, -0.25) is 0 Å². The molecule has 2 aromatic carbocycles. The minimum Gasteiger partial charge on any atom is -0.497 e. The Kier molecular flexibility index (Phi) is 4.64.